The lowest BCUT2D eigenvalue weighted by Crippen LogP contribution is -2.48. The maximum absolute atomic E-state index is 13.4. The van der Waals surface area contributed by atoms with Gasteiger partial charge < -0.3 is 15.1 Å². The molecule has 1 N–H and O–H groups in total. The van der Waals surface area contributed by atoms with E-state index >= 15 is 0 Å². The largest absolute Gasteiger partial charge is 0.354 e. The van der Waals surface area contributed by atoms with Gasteiger partial charge in [-0.1, -0.05) is 12.1 Å². The van der Waals surface area contributed by atoms with Crippen molar-refractivity contribution in [1.82, 2.24) is 15.1 Å². The summed E-state index contributed by atoms with van der Waals surface area (Å²) in [4.78, 5) is 28.8. The maximum Gasteiger partial charge on any atom is 0.254 e. The quantitative estimate of drug-likeness (QED) is 0.627. The fraction of sp³-hybridized carbons (Fsp3) is 0.280. The van der Waals surface area contributed by atoms with Gasteiger partial charge in [-0.05, 0) is 48.4 Å². The van der Waals surface area contributed by atoms with Crippen LogP contribution < -0.4 is 10.2 Å². The van der Waals surface area contributed by atoms with Crippen molar-refractivity contribution in [2.75, 3.05) is 36.4 Å². The van der Waals surface area contributed by atoms with E-state index < -0.39 is 11.6 Å². The lowest BCUT2D eigenvalue weighted by molar-refractivity contribution is -0.119. The molecule has 0 aliphatic carbocycles. The molecule has 0 spiro atoms. The van der Waals surface area contributed by atoms with Gasteiger partial charge in [0.25, 0.3) is 5.91 Å². The van der Waals surface area contributed by atoms with Crippen LogP contribution in [-0.2, 0) is 4.79 Å². The van der Waals surface area contributed by atoms with Crippen LogP contribution in [0.15, 0.2) is 60.8 Å². The van der Waals surface area contributed by atoms with Crippen LogP contribution in [0, 0.1) is 17.6 Å². The number of carbonyl (C=O) groups is 2. The maximum atomic E-state index is 13.4. The third-order valence-corrected chi connectivity index (χ3v) is 6.37. The number of halogens is 2. The highest BCUT2D eigenvalue weighted by Gasteiger charge is 2.33. The highest BCUT2D eigenvalue weighted by Crippen LogP contribution is 2.30. The lowest BCUT2D eigenvalue weighted by Gasteiger charge is -2.39. The highest BCUT2D eigenvalue weighted by molar-refractivity contribution is 5.95. The summed E-state index contributed by atoms with van der Waals surface area (Å²) in [5.74, 6) is -1.15. The molecule has 2 amide bonds. The second kappa shape index (κ2) is 9.17. The zero-order chi connectivity index (χ0) is 23.7. The summed E-state index contributed by atoms with van der Waals surface area (Å²) in [5, 5.41) is 11.0. The van der Waals surface area contributed by atoms with Crippen LogP contribution in [0.3, 0.4) is 0 Å². The highest BCUT2D eigenvalue weighted by atomic mass is 19.1. The normalized spacial score (nSPS) is 18.0. The average molecular weight is 463 g/mol. The molecule has 2 fully saturated rings. The standard InChI is InChI=1S/C25H23F2N5O2/c26-20-10-18(11-21(27)12-20)25(34)32-14-19(15-32)16-3-5-22(6-4-16)29-24(33)17-7-9-31(13-17)23-2-1-8-28-30-23/h1-6,8,10-12,17,19H,7,9,13-15H2,(H,29,33)/t17-/m0/s1. The minimum Gasteiger partial charge on any atom is -0.354 e. The van der Waals surface area contributed by atoms with Gasteiger partial charge in [0.05, 0.1) is 5.92 Å². The summed E-state index contributed by atoms with van der Waals surface area (Å²) in [6.45, 7) is 2.31. The summed E-state index contributed by atoms with van der Waals surface area (Å²) in [5.41, 5.74) is 1.77. The molecule has 34 heavy (non-hydrogen) atoms. The minimum atomic E-state index is -0.767. The SMILES string of the molecule is O=C(Nc1ccc(C2CN(C(=O)c3cc(F)cc(F)c3)C2)cc1)[C@H]1CCN(c2cccnn2)C1. The van der Waals surface area contributed by atoms with E-state index in [1.54, 1.807) is 11.1 Å². The topological polar surface area (TPSA) is 78.4 Å². The van der Waals surface area contributed by atoms with Crippen molar-refractivity contribution in [2.24, 2.45) is 5.92 Å². The molecule has 1 atom stereocenters. The van der Waals surface area contributed by atoms with Crippen molar-refractivity contribution in [3.8, 4) is 0 Å². The van der Waals surface area contributed by atoms with Gasteiger partial charge in [-0.2, -0.15) is 5.10 Å². The Hall–Kier alpha value is -3.88. The summed E-state index contributed by atoms with van der Waals surface area (Å²) >= 11 is 0. The second-order valence-corrected chi connectivity index (χ2v) is 8.69. The van der Waals surface area contributed by atoms with Crippen molar-refractivity contribution < 1.29 is 18.4 Å². The molecule has 0 unspecified atom stereocenters. The van der Waals surface area contributed by atoms with Crippen molar-refractivity contribution in [1.29, 1.82) is 0 Å². The Morgan fingerprint density at radius 1 is 0.971 bits per heavy atom. The molecule has 1 aromatic heterocycles. The molecule has 2 aromatic carbocycles. The fourth-order valence-electron chi connectivity index (χ4n) is 4.44. The Morgan fingerprint density at radius 2 is 1.71 bits per heavy atom. The van der Waals surface area contributed by atoms with Crippen molar-refractivity contribution in [2.45, 2.75) is 12.3 Å². The van der Waals surface area contributed by atoms with Gasteiger partial charge in [0.2, 0.25) is 5.91 Å². The molecule has 2 saturated heterocycles. The summed E-state index contributed by atoms with van der Waals surface area (Å²) in [6, 6.07) is 14.1. The second-order valence-electron chi connectivity index (χ2n) is 8.69. The Balaban J connectivity index is 1.13. The first kappa shape index (κ1) is 21.9. The molecule has 3 aromatic rings. The number of hydrogen-bond donors (Lipinski definition) is 1. The predicted molar refractivity (Wildman–Crippen MR) is 122 cm³/mol. The molecule has 2 aliphatic rings. The number of hydrogen-bond acceptors (Lipinski definition) is 5. The minimum absolute atomic E-state index is 0.0128. The average Bonchev–Trinajstić information content (AvgIpc) is 3.30. The number of rotatable bonds is 5. The Kier molecular flexibility index (Phi) is 5.91. The van der Waals surface area contributed by atoms with Crippen LogP contribution in [0.25, 0.3) is 0 Å². The number of carbonyl (C=O) groups excluding carboxylic acids is 2. The number of likely N-dealkylation sites (tertiary alicyclic amines) is 1. The molecule has 0 saturated carbocycles. The third-order valence-electron chi connectivity index (χ3n) is 6.37. The smallest absolute Gasteiger partial charge is 0.254 e. The first-order chi connectivity index (χ1) is 16.5. The van der Waals surface area contributed by atoms with E-state index in [2.05, 4.69) is 20.4 Å². The zero-order valence-electron chi connectivity index (χ0n) is 18.3. The summed E-state index contributed by atoms with van der Waals surface area (Å²) in [6.07, 6.45) is 2.37. The van der Waals surface area contributed by atoms with Crippen molar-refractivity contribution in [3.05, 3.63) is 83.6 Å². The summed E-state index contributed by atoms with van der Waals surface area (Å²) < 4.78 is 26.8. The van der Waals surface area contributed by atoms with Crippen LogP contribution in [-0.4, -0.2) is 53.1 Å². The van der Waals surface area contributed by atoms with Crippen LogP contribution in [0.2, 0.25) is 0 Å². The monoisotopic (exact) mass is 463 g/mol. The molecule has 3 heterocycles. The number of nitrogens with one attached hydrogen (secondary N) is 1. The van der Waals surface area contributed by atoms with Gasteiger partial charge in [-0.3, -0.25) is 9.59 Å². The van der Waals surface area contributed by atoms with Gasteiger partial charge in [-0.15, -0.1) is 5.10 Å². The van der Waals surface area contributed by atoms with E-state index in [1.807, 2.05) is 36.4 Å². The third kappa shape index (κ3) is 4.59. The van der Waals surface area contributed by atoms with Gasteiger partial charge in [0, 0.05) is 55.6 Å². The fourth-order valence-corrected chi connectivity index (χ4v) is 4.44. The van der Waals surface area contributed by atoms with Crippen LogP contribution in [0.1, 0.15) is 28.3 Å². The van der Waals surface area contributed by atoms with Crippen LogP contribution >= 0.6 is 0 Å². The molecule has 2 aliphatic heterocycles. The lowest BCUT2D eigenvalue weighted by atomic mass is 9.90. The van der Waals surface area contributed by atoms with Gasteiger partial charge in [0.15, 0.2) is 5.82 Å². The van der Waals surface area contributed by atoms with Crippen LogP contribution in [0.5, 0.6) is 0 Å². The molecular weight excluding hydrogens is 440 g/mol. The molecule has 5 rings (SSSR count). The van der Waals surface area contributed by atoms with Crippen molar-refractivity contribution in [3.63, 3.8) is 0 Å². The van der Waals surface area contributed by atoms with E-state index in [9.17, 15) is 18.4 Å². The Morgan fingerprint density at radius 3 is 2.38 bits per heavy atom. The van der Waals surface area contributed by atoms with E-state index in [0.29, 0.717) is 25.3 Å². The first-order valence-electron chi connectivity index (χ1n) is 11.1. The number of nitrogens with zero attached hydrogens (tertiary/aromatic N) is 4. The van der Waals surface area contributed by atoms with Crippen LogP contribution in [0.4, 0.5) is 20.3 Å². The first-order valence-corrected chi connectivity index (χ1v) is 11.1. The van der Waals surface area contributed by atoms with Gasteiger partial charge in [-0.25, -0.2) is 8.78 Å². The molecule has 174 valence electrons. The van der Waals surface area contributed by atoms with E-state index in [0.717, 1.165) is 42.5 Å². The van der Waals surface area contributed by atoms with E-state index in [4.69, 9.17) is 0 Å². The predicted octanol–water partition coefficient (Wildman–Crippen LogP) is 3.46. The molecule has 0 radical (unpaired) electrons. The summed E-state index contributed by atoms with van der Waals surface area (Å²) in [7, 11) is 0. The zero-order valence-corrected chi connectivity index (χ0v) is 18.3. The van der Waals surface area contributed by atoms with Gasteiger partial charge >= 0.3 is 0 Å². The Labute approximate surface area is 195 Å². The molecular formula is C25H23F2N5O2. The number of benzene rings is 2. The number of amides is 2. The van der Waals surface area contributed by atoms with Gasteiger partial charge in [0.1, 0.15) is 11.6 Å². The number of anilines is 2. The number of aromatic nitrogens is 2. The van der Waals surface area contributed by atoms with E-state index in [-0.39, 0.29) is 29.2 Å². The van der Waals surface area contributed by atoms with E-state index in [1.165, 1.54) is 0 Å². The molecule has 9 heteroatoms. The molecule has 7 nitrogen and oxygen atoms in total. The van der Waals surface area contributed by atoms with Crippen molar-refractivity contribution >= 4 is 23.3 Å². The molecule has 0 bridgehead atoms. The Bertz CT molecular complexity index is 1180.